The van der Waals surface area contributed by atoms with Crippen molar-refractivity contribution in [2.45, 2.75) is 13.1 Å². The van der Waals surface area contributed by atoms with Gasteiger partial charge in [-0.2, -0.15) is 13.9 Å². The number of fused-ring (bicyclic) bond motifs is 1. The normalized spacial score (nSPS) is 11.5. The summed E-state index contributed by atoms with van der Waals surface area (Å²) in [6, 6.07) is 0. The Kier molecular flexibility index (Phi) is 3.24. The summed E-state index contributed by atoms with van der Waals surface area (Å²) in [6.07, 6.45) is 5.69. The van der Waals surface area contributed by atoms with Gasteiger partial charge in [-0.3, -0.25) is 9.25 Å². The van der Waals surface area contributed by atoms with Gasteiger partial charge in [-0.05, 0) is 0 Å². The first-order chi connectivity index (χ1) is 10.1. The Morgan fingerprint density at radius 1 is 1.29 bits per heavy atom. The molecule has 3 aromatic rings. The summed E-state index contributed by atoms with van der Waals surface area (Å²) in [4.78, 5) is 14.1. The van der Waals surface area contributed by atoms with Gasteiger partial charge in [0.15, 0.2) is 5.65 Å². The number of anilines is 1. The molecule has 9 heteroatoms. The molecule has 0 aliphatic rings. The average Bonchev–Trinajstić information content (AvgIpc) is 3.06. The molecule has 3 rings (SSSR count). The summed E-state index contributed by atoms with van der Waals surface area (Å²) in [6.45, 7) is -2.40. The fourth-order valence-electron chi connectivity index (χ4n) is 2.18. The summed E-state index contributed by atoms with van der Waals surface area (Å²) in [5.41, 5.74) is 0.684. The van der Waals surface area contributed by atoms with Crippen LogP contribution in [0.5, 0.6) is 0 Å². The van der Waals surface area contributed by atoms with E-state index >= 15 is 0 Å². The van der Waals surface area contributed by atoms with Gasteiger partial charge in [-0.1, -0.05) is 0 Å². The van der Waals surface area contributed by atoms with Crippen molar-refractivity contribution < 1.29 is 8.78 Å². The third-order valence-corrected chi connectivity index (χ3v) is 3.21. The maximum absolute atomic E-state index is 12.8. The highest BCUT2D eigenvalue weighted by atomic mass is 19.3. The number of aromatic nitrogens is 6. The van der Waals surface area contributed by atoms with E-state index in [1.54, 1.807) is 29.9 Å². The van der Waals surface area contributed by atoms with Crippen molar-refractivity contribution >= 4 is 16.9 Å². The highest BCUT2D eigenvalue weighted by Crippen LogP contribution is 2.23. The lowest BCUT2D eigenvalue weighted by Crippen LogP contribution is -2.21. The van der Waals surface area contributed by atoms with Gasteiger partial charge in [0, 0.05) is 26.5 Å². The lowest BCUT2D eigenvalue weighted by molar-refractivity contribution is 0.0670. The van der Waals surface area contributed by atoms with Gasteiger partial charge in [0.2, 0.25) is 0 Å². The molecule has 3 aromatic heterocycles. The maximum atomic E-state index is 12.8. The predicted molar refractivity (Wildman–Crippen MR) is 71.9 cm³/mol. The first-order valence-corrected chi connectivity index (χ1v) is 6.21. The molecule has 0 spiro atoms. The fourth-order valence-corrected chi connectivity index (χ4v) is 2.18. The third kappa shape index (κ3) is 2.30. The van der Waals surface area contributed by atoms with E-state index in [1.165, 1.54) is 18.7 Å². The maximum Gasteiger partial charge on any atom is 0.319 e. The van der Waals surface area contributed by atoms with Crippen LogP contribution in [0, 0.1) is 0 Å². The van der Waals surface area contributed by atoms with Crippen LogP contribution in [0.25, 0.3) is 11.0 Å². The van der Waals surface area contributed by atoms with Crippen molar-refractivity contribution in [1.29, 1.82) is 0 Å². The summed E-state index contributed by atoms with van der Waals surface area (Å²) in [5.74, 6) is 0.889. The van der Waals surface area contributed by atoms with Gasteiger partial charge in [-0.25, -0.2) is 15.0 Å². The van der Waals surface area contributed by atoms with Crippen LogP contribution < -0.4 is 4.90 Å². The third-order valence-electron chi connectivity index (χ3n) is 3.21. The minimum absolute atomic E-state index is 0.207. The van der Waals surface area contributed by atoms with Crippen molar-refractivity contribution in [3.63, 3.8) is 0 Å². The van der Waals surface area contributed by atoms with Gasteiger partial charge in [0.05, 0.1) is 18.1 Å². The highest BCUT2D eigenvalue weighted by Gasteiger charge is 2.16. The number of halogens is 2. The van der Waals surface area contributed by atoms with Gasteiger partial charge >= 0.3 is 6.55 Å². The zero-order valence-electron chi connectivity index (χ0n) is 11.5. The second-order valence-corrected chi connectivity index (χ2v) is 4.59. The summed E-state index contributed by atoms with van der Waals surface area (Å²) in [5, 5.41) is 4.89. The molecule has 0 aliphatic heterocycles. The Balaban J connectivity index is 1.94. The van der Waals surface area contributed by atoms with E-state index in [0.29, 0.717) is 11.5 Å². The van der Waals surface area contributed by atoms with Crippen molar-refractivity contribution in [3.8, 4) is 0 Å². The number of alkyl halides is 2. The van der Waals surface area contributed by atoms with Crippen LogP contribution in [0.15, 0.2) is 24.9 Å². The number of hydrogen-bond acceptors (Lipinski definition) is 5. The first-order valence-electron chi connectivity index (χ1n) is 6.21. The lowest BCUT2D eigenvalue weighted by Gasteiger charge is -2.18. The SMILES string of the molecule is CN(Cc1nccn1C(F)F)c1ncnc2c1cnn2C. The monoisotopic (exact) mass is 293 g/mol. The predicted octanol–water partition coefficient (Wildman–Crippen LogP) is 1.59. The molecule has 0 unspecified atom stereocenters. The van der Waals surface area contributed by atoms with Crippen LogP contribution in [0.3, 0.4) is 0 Å². The van der Waals surface area contributed by atoms with Crippen LogP contribution in [-0.2, 0) is 13.6 Å². The number of imidazole rings is 1. The standard InChI is InChI=1S/C12H13F2N7/c1-19(6-9-15-3-4-21(9)12(13)14)10-8-5-18-20(2)11(8)17-7-16-10/h3-5,7,12H,6H2,1-2H3. The Hall–Kier alpha value is -2.58. The molecule has 0 radical (unpaired) electrons. The molecule has 21 heavy (non-hydrogen) atoms. The van der Waals surface area contributed by atoms with Gasteiger partial charge in [0.1, 0.15) is 18.0 Å². The zero-order chi connectivity index (χ0) is 15.0. The van der Waals surface area contributed by atoms with E-state index in [-0.39, 0.29) is 12.4 Å². The van der Waals surface area contributed by atoms with Crippen LogP contribution in [0.1, 0.15) is 12.4 Å². The highest BCUT2D eigenvalue weighted by molar-refractivity contribution is 5.86. The second-order valence-electron chi connectivity index (χ2n) is 4.59. The Morgan fingerprint density at radius 3 is 2.86 bits per heavy atom. The molecule has 0 aromatic carbocycles. The van der Waals surface area contributed by atoms with Crippen LogP contribution >= 0.6 is 0 Å². The van der Waals surface area contributed by atoms with E-state index in [0.717, 1.165) is 9.95 Å². The molecular formula is C12H13F2N7. The minimum atomic E-state index is -2.61. The van der Waals surface area contributed by atoms with Crippen molar-refractivity contribution in [2.24, 2.45) is 7.05 Å². The second kappa shape index (κ2) is 5.08. The number of rotatable bonds is 4. The minimum Gasteiger partial charge on any atom is -0.351 e. The molecule has 7 nitrogen and oxygen atoms in total. The molecule has 0 bridgehead atoms. The first kappa shape index (κ1) is 13.4. The molecular weight excluding hydrogens is 280 g/mol. The molecule has 0 saturated heterocycles. The zero-order valence-corrected chi connectivity index (χ0v) is 11.5. The smallest absolute Gasteiger partial charge is 0.319 e. The summed E-state index contributed by atoms with van der Waals surface area (Å²) >= 11 is 0. The quantitative estimate of drug-likeness (QED) is 0.731. The largest absolute Gasteiger partial charge is 0.351 e. The van der Waals surface area contributed by atoms with Crippen molar-refractivity contribution in [3.05, 3.63) is 30.7 Å². The fraction of sp³-hybridized carbons (Fsp3) is 0.333. The van der Waals surface area contributed by atoms with Gasteiger partial charge in [-0.15, -0.1) is 0 Å². The Labute approximate surface area is 118 Å². The van der Waals surface area contributed by atoms with Gasteiger partial charge < -0.3 is 4.90 Å². The lowest BCUT2D eigenvalue weighted by atomic mass is 10.3. The molecule has 110 valence electrons. The van der Waals surface area contributed by atoms with E-state index in [2.05, 4.69) is 20.1 Å². The summed E-state index contributed by atoms with van der Waals surface area (Å²) < 4.78 is 28.1. The van der Waals surface area contributed by atoms with E-state index in [4.69, 9.17) is 0 Å². The van der Waals surface area contributed by atoms with E-state index < -0.39 is 6.55 Å². The average molecular weight is 293 g/mol. The number of hydrogen-bond donors (Lipinski definition) is 0. The number of nitrogens with zero attached hydrogens (tertiary/aromatic N) is 7. The van der Waals surface area contributed by atoms with Crippen molar-refractivity contribution in [1.82, 2.24) is 29.3 Å². The molecule has 0 N–H and O–H groups in total. The van der Waals surface area contributed by atoms with Gasteiger partial charge in [0.25, 0.3) is 0 Å². The van der Waals surface area contributed by atoms with E-state index in [1.807, 2.05) is 0 Å². The molecule has 3 heterocycles. The Morgan fingerprint density at radius 2 is 2.10 bits per heavy atom. The Bertz CT molecular complexity index is 764. The van der Waals surface area contributed by atoms with Crippen LogP contribution in [-0.4, -0.2) is 36.3 Å². The van der Waals surface area contributed by atoms with Crippen LogP contribution in [0.4, 0.5) is 14.6 Å². The molecule has 0 aliphatic carbocycles. The summed E-state index contributed by atoms with van der Waals surface area (Å²) in [7, 11) is 3.54. The topological polar surface area (TPSA) is 64.7 Å². The van der Waals surface area contributed by atoms with E-state index in [9.17, 15) is 8.78 Å². The number of aryl methyl sites for hydroxylation is 1. The van der Waals surface area contributed by atoms with Crippen LogP contribution in [0.2, 0.25) is 0 Å². The molecule has 0 atom stereocenters. The van der Waals surface area contributed by atoms with Crippen molar-refractivity contribution in [2.75, 3.05) is 11.9 Å². The molecule has 0 amide bonds. The molecule has 0 fully saturated rings. The molecule has 0 saturated carbocycles.